The molecular weight excluding hydrogens is 190 g/mol. The SMILES string of the molecule is SCCCN1CCCC1C1CCCC1. The number of thiol groups is 1. The lowest BCUT2D eigenvalue weighted by molar-refractivity contribution is 0.191. The van der Waals surface area contributed by atoms with E-state index in [0.717, 1.165) is 17.7 Å². The average Bonchev–Trinajstić information content (AvgIpc) is 2.84. The molecule has 0 spiro atoms. The molecule has 1 nitrogen and oxygen atoms in total. The summed E-state index contributed by atoms with van der Waals surface area (Å²) in [5.74, 6) is 2.09. The molecule has 1 unspecified atom stereocenters. The molecule has 2 heteroatoms. The highest BCUT2D eigenvalue weighted by Gasteiger charge is 2.32. The first-order chi connectivity index (χ1) is 6.92. The Morgan fingerprint density at radius 3 is 2.57 bits per heavy atom. The van der Waals surface area contributed by atoms with Gasteiger partial charge < -0.3 is 4.90 Å². The van der Waals surface area contributed by atoms with Crippen LogP contribution < -0.4 is 0 Å². The first-order valence-electron chi connectivity index (χ1n) is 6.26. The van der Waals surface area contributed by atoms with Gasteiger partial charge in [0.05, 0.1) is 0 Å². The maximum atomic E-state index is 4.31. The van der Waals surface area contributed by atoms with Crippen molar-refractivity contribution < 1.29 is 0 Å². The van der Waals surface area contributed by atoms with E-state index in [-0.39, 0.29) is 0 Å². The molecule has 1 saturated heterocycles. The van der Waals surface area contributed by atoms with Crippen molar-refractivity contribution in [3.8, 4) is 0 Å². The van der Waals surface area contributed by atoms with Crippen molar-refractivity contribution in [2.75, 3.05) is 18.8 Å². The van der Waals surface area contributed by atoms with Crippen LogP contribution in [-0.2, 0) is 0 Å². The fraction of sp³-hybridized carbons (Fsp3) is 1.00. The average molecular weight is 213 g/mol. The van der Waals surface area contributed by atoms with Crippen molar-refractivity contribution in [2.45, 2.75) is 51.0 Å². The van der Waals surface area contributed by atoms with Crippen molar-refractivity contribution >= 4 is 12.6 Å². The van der Waals surface area contributed by atoms with E-state index in [4.69, 9.17) is 0 Å². The van der Waals surface area contributed by atoms with E-state index in [1.807, 2.05) is 0 Å². The smallest absolute Gasteiger partial charge is 0.0124 e. The first-order valence-corrected chi connectivity index (χ1v) is 6.90. The Bertz CT molecular complexity index is 166. The van der Waals surface area contributed by atoms with Crippen LogP contribution in [0.5, 0.6) is 0 Å². The van der Waals surface area contributed by atoms with E-state index in [0.29, 0.717) is 0 Å². The van der Waals surface area contributed by atoms with Crippen LogP contribution >= 0.6 is 12.6 Å². The summed E-state index contributed by atoms with van der Waals surface area (Å²) in [5.41, 5.74) is 0. The van der Waals surface area contributed by atoms with Gasteiger partial charge in [0.1, 0.15) is 0 Å². The minimum Gasteiger partial charge on any atom is -0.300 e. The van der Waals surface area contributed by atoms with Crippen LogP contribution in [0.15, 0.2) is 0 Å². The lowest BCUT2D eigenvalue weighted by atomic mass is 9.96. The quantitative estimate of drug-likeness (QED) is 0.703. The Morgan fingerprint density at radius 2 is 1.86 bits per heavy atom. The van der Waals surface area contributed by atoms with Crippen molar-refractivity contribution in [1.82, 2.24) is 4.90 Å². The molecule has 2 rings (SSSR count). The van der Waals surface area contributed by atoms with E-state index in [1.54, 1.807) is 0 Å². The van der Waals surface area contributed by atoms with E-state index in [9.17, 15) is 0 Å². The zero-order valence-electron chi connectivity index (χ0n) is 9.12. The fourth-order valence-electron chi connectivity index (χ4n) is 3.28. The summed E-state index contributed by atoms with van der Waals surface area (Å²) >= 11 is 4.31. The molecular formula is C12H23NS. The van der Waals surface area contributed by atoms with Crippen molar-refractivity contribution in [1.29, 1.82) is 0 Å². The predicted octanol–water partition coefficient (Wildman–Crippen LogP) is 2.96. The molecule has 1 heterocycles. The van der Waals surface area contributed by atoms with Gasteiger partial charge in [-0.3, -0.25) is 0 Å². The van der Waals surface area contributed by atoms with Crippen molar-refractivity contribution in [3.63, 3.8) is 0 Å². The van der Waals surface area contributed by atoms with Crippen LogP contribution in [0.3, 0.4) is 0 Å². The largest absolute Gasteiger partial charge is 0.300 e. The maximum absolute atomic E-state index is 4.31. The van der Waals surface area contributed by atoms with E-state index >= 15 is 0 Å². The topological polar surface area (TPSA) is 3.24 Å². The molecule has 0 radical (unpaired) electrons. The number of nitrogens with zero attached hydrogens (tertiary/aromatic N) is 1. The standard InChI is InChI=1S/C12H23NS/c14-10-4-9-13-8-3-7-12(13)11-5-1-2-6-11/h11-12,14H,1-10H2. The normalized spacial score (nSPS) is 30.2. The molecule has 0 N–H and O–H groups in total. The van der Waals surface area contributed by atoms with E-state index < -0.39 is 0 Å². The lowest BCUT2D eigenvalue weighted by Crippen LogP contribution is -2.35. The van der Waals surface area contributed by atoms with Gasteiger partial charge in [-0.05, 0) is 56.9 Å². The molecule has 2 aliphatic rings. The van der Waals surface area contributed by atoms with Gasteiger partial charge in [-0.15, -0.1) is 0 Å². The molecule has 0 amide bonds. The van der Waals surface area contributed by atoms with Gasteiger partial charge in [0.25, 0.3) is 0 Å². The summed E-state index contributed by atoms with van der Waals surface area (Å²) in [4.78, 5) is 2.74. The highest BCUT2D eigenvalue weighted by atomic mass is 32.1. The van der Waals surface area contributed by atoms with Crippen LogP contribution in [0.1, 0.15) is 44.9 Å². The number of hydrogen-bond donors (Lipinski definition) is 1. The molecule has 1 saturated carbocycles. The van der Waals surface area contributed by atoms with Gasteiger partial charge in [-0.1, -0.05) is 12.8 Å². The highest BCUT2D eigenvalue weighted by Crippen LogP contribution is 2.35. The van der Waals surface area contributed by atoms with Gasteiger partial charge in [-0.25, -0.2) is 0 Å². The molecule has 1 aliphatic heterocycles. The Morgan fingerprint density at radius 1 is 1.07 bits per heavy atom. The molecule has 14 heavy (non-hydrogen) atoms. The second kappa shape index (κ2) is 5.41. The molecule has 0 aromatic carbocycles. The third-order valence-corrected chi connectivity index (χ3v) is 4.28. The van der Waals surface area contributed by atoms with E-state index in [2.05, 4.69) is 17.5 Å². The summed E-state index contributed by atoms with van der Waals surface area (Å²) in [7, 11) is 0. The zero-order chi connectivity index (χ0) is 9.80. The maximum Gasteiger partial charge on any atom is 0.0124 e. The molecule has 0 bridgehead atoms. The molecule has 2 fully saturated rings. The Kier molecular flexibility index (Phi) is 4.18. The monoisotopic (exact) mass is 213 g/mol. The Balaban J connectivity index is 1.82. The van der Waals surface area contributed by atoms with Crippen molar-refractivity contribution in [3.05, 3.63) is 0 Å². The second-order valence-electron chi connectivity index (χ2n) is 4.87. The molecule has 82 valence electrons. The van der Waals surface area contributed by atoms with Gasteiger partial charge >= 0.3 is 0 Å². The van der Waals surface area contributed by atoms with Gasteiger partial charge in [-0.2, -0.15) is 12.6 Å². The van der Waals surface area contributed by atoms with Gasteiger partial charge in [0.15, 0.2) is 0 Å². The summed E-state index contributed by atoms with van der Waals surface area (Å²) in [5, 5.41) is 0. The predicted molar refractivity (Wildman–Crippen MR) is 65.0 cm³/mol. The van der Waals surface area contributed by atoms with Crippen LogP contribution in [0, 0.1) is 5.92 Å². The summed E-state index contributed by atoms with van der Waals surface area (Å²) < 4.78 is 0. The minimum atomic E-state index is 0.942. The van der Waals surface area contributed by atoms with Crippen LogP contribution in [0.25, 0.3) is 0 Å². The Hall–Kier alpha value is 0.310. The second-order valence-corrected chi connectivity index (χ2v) is 5.31. The third-order valence-electron chi connectivity index (χ3n) is 3.96. The van der Waals surface area contributed by atoms with E-state index in [1.165, 1.54) is 58.0 Å². The lowest BCUT2D eigenvalue weighted by Gasteiger charge is -2.29. The van der Waals surface area contributed by atoms with Gasteiger partial charge in [0, 0.05) is 6.04 Å². The van der Waals surface area contributed by atoms with Crippen LogP contribution in [-0.4, -0.2) is 29.8 Å². The number of likely N-dealkylation sites (tertiary alicyclic amines) is 1. The molecule has 1 aliphatic carbocycles. The first kappa shape index (κ1) is 10.8. The Labute approximate surface area is 93.7 Å². The third kappa shape index (κ3) is 2.46. The number of hydrogen-bond acceptors (Lipinski definition) is 2. The molecule has 1 atom stereocenters. The molecule has 0 aromatic heterocycles. The van der Waals surface area contributed by atoms with Crippen LogP contribution in [0.2, 0.25) is 0 Å². The number of rotatable bonds is 4. The van der Waals surface area contributed by atoms with Crippen molar-refractivity contribution in [2.24, 2.45) is 5.92 Å². The zero-order valence-corrected chi connectivity index (χ0v) is 10.0. The summed E-state index contributed by atoms with van der Waals surface area (Å²) in [6, 6.07) is 0.942. The summed E-state index contributed by atoms with van der Waals surface area (Å²) in [6.07, 6.45) is 10.2. The fourth-order valence-corrected chi connectivity index (χ4v) is 3.42. The van der Waals surface area contributed by atoms with Crippen LogP contribution in [0.4, 0.5) is 0 Å². The summed E-state index contributed by atoms with van der Waals surface area (Å²) in [6.45, 7) is 2.65. The molecule has 0 aromatic rings. The minimum absolute atomic E-state index is 0.942. The van der Waals surface area contributed by atoms with Gasteiger partial charge in [0.2, 0.25) is 0 Å². The highest BCUT2D eigenvalue weighted by molar-refractivity contribution is 7.80.